The summed E-state index contributed by atoms with van der Waals surface area (Å²) in [7, 11) is 0. The Morgan fingerprint density at radius 3 is 3.05 bits per heavy atom. The van der Waals surface area contributed by atoms with Gasteiger partial charge in [0.15, 0.2) is 5.69 Å². The maximum atomic E-state index is 11.7. The van der Waals surface area contributed by atoms with Crippen LogP contribution in [-0.2, 0) is 21.9 Å². The molecule has 0 bridgehead atoms. The number of rotatable bonds is 5. The molecule has 2 rings (SSSR count). The molecular weight excluding hydrogens is 270 g/mol. The van der Waals surface area contributed by atoms with Crippen molar-refractivity contribution in [3.63, 3.8) is 0 Å². The van der Waals surface area contributed by atoms with E-state index in [0.29, 0.717) is 18.8 Å². The second-order valence-electron chi connectivity index (χ2n) is 4.41. The first-order chi connectivity index (χ1) is 9.26. The molecule has 1 unspecified atom stereocenters. The molecule has 1 saturated heterocycles. The average Bonchev–Trinajstić information content (AvgIpc) is 2.83. The first kappa shape index (κ1) is 14.3. The molecule has 1 atom stereocenters. The summed E-state index contributed by atoms with van der Waals surface area (Å²) in [5, 5.41) is 7.86. The van der Waals surface area contributed by atoms with Crippen molar-refractivity contribution in [1.29, 1.82) is 0 Å². The Hall–Kier alpha value is -1.14. The molecular formula is C12H18ClN3O3. The number of nitrogens with zero attached hydrogens (tertiary/aromatic N) is 3. The Morgan fingerprint density at radius 1 is 1.58 bits per heavy atom. The average molecular weight is 288 g/mol. The maximum absolute atomic E-state index is 11.7. The quantitative estimate of drug-likeness (QED) is 0.610. The van der Waals surface area contributed by atoms with Gasteiger partial charge in [-0.15, -0.1) is 16.7 Å². The van der Waals surface area contributed by atoms with Crippen LogP contribution in [0.5, 0.6) is 0 Å². The number of halogens is 1. The van der Waals surface area contributed by atoms with Crippen molar-refractivity contribution in [1.82, 2.24) is 15.0 Å². The van der Waals surface area contributed by atoms with Gasteiger partial charge in [-0.2, -0.15) is 0 Å². The van der Waals surface area contributed by atoms with Gasteiger partial charge in [0.1, 0.15) is 0 Å². The Balaban J connectivity index is 2.10. The summed E-state index contributed by atoms with van der Waals surface area (Å²) in [4.78, 5) is 11.7. The van der Waals surface area contributed by atoms with Gasteiger partial charge in [0, 0.05) is 6.61 Å². The highest BCUT2D eigenvalue weighted by atomic mass is 35.5. The molecule has 1 fully saturated rings. The van der Waals surface area contributed by atoms with E-state index < -0.39 is 5.97 Å². The highest BCUT2D eigenvalue weighted by Gasteiger charge is 2.23. The molecule has 0 aromatic carbocycles. The fourth-order valence-electron chi connectivity index (χ4n) is 2.11. The summed E-state index contributed by atoms with van der Waals surface area (Å²) < 4.78 is 12.2. The van der Waals surface area contributed by atoms with E-state index in [2.05, 4.69) is 10.3 Å². The number of aromatic nitrogens is 3. The second-order valence-corrected chi connectivity index (χ2v) is 4.68. The van der Waals surface area contributed by atoms with E-state index in [1.54, 1.807) is 11.6 Å². The molecule has 0 saturated carbocycles. The molecule has 1 aliphatic rings. The van der Waals surface area contributed by atoms with Gasteiger partial charge in [-0.3, -0.25) is 0 Å². The fourth-order valence-corrected chi connectivity index (χ4v) is 2.38. The molecule has 1 aliphatic heterocycles. The van der Waals surface area contributed by atoms with Crippen molar-refractivity contribution >= 4 is 17.6 Å². The van der Waals surface area contributed by atoms with Gasteiger partial charge in [0.2, 0.25) is 0 Å². The number of carbonyl (C=O) groups is 1. The monoisotopic (exact) mass is 287 g/mol. The third kappa shape index (κ3) is 3.45. The fraction of sp³-hybridized carbons (Fsp3) is 0.750. The molecule has 1 aromatic rings. The van der Waals surface area contributed by atoms with Crippen molar-refractivity contribution in [2.75, 3.05) is 13.2 Å². The number of alkyl halides is 1. The second kappa shape index (κ2) is 6.86. The molecule has 0 spiro atoms. The lowest BCUT2D eigenvalue weighted by Gasteiger charge is -2.22. The summed E-state index contributed by atoms with van der Waals surface area (Å²) in [6, 6.07) is 0. The van der Waals surface area contributed by atoms with Crippen LogP contribution in [0.4, 0.5) is 0 Å². The van der Waals surface area contributed by atoms with Crippen LogP contribution >= 0.6 is 11.6 Å². The first-order valence-corrected chi connectivity index (χ1v) is 7.06. The normalized spacial score (nSPS) is 19.4. The Labute approximate surface area is 117 Å². The zero-order valence-corrected chi connectivity index (χ0v) is 11.7. The van der Waals surface area contributed by atoms with Crippen LogP contribution < -0.4 is 0 Å². The zero-order valence-electron chi connectivity index (χ0n) is 11.0. The Morgan fingerprint density at radius 2 is 2.42 bits per heavy atom. The number of hydrogen-bond acceptors (Lipinski definition) is 5. The van der Waals surface area contributed by atoms with Crippen LogP contribution in [0.1, 0.15) is 42.4 Å². The van der Waals surface area contributed by atoms with E-state index in [1.165, 1.54) is 0 Å². The van der Waals surface area contributed by atoms with Crippen molar-refractivity contribution < 1.29 is 14.3 Å². The standard InChI is InChI=1S/C12H18ClN3O3/c1-2-18-12(17)11-10(7-13)16(15-14-11)8-9-5-3-4-6-19-9/h9H,2-8H2,1H3. The molecule has 6 nitrogen and oxygen atoms in total. The number of ether oxygens (including phenoxy) is 2. The summed E-state index contributed by atoms with van der Waals surface area (Å²) in [5.41, 5.74) is 0.793. The summed E-state index contributed by atoms with van der Waals surface area (Å²) in [5.74, 6) is -0.303. The third-order valence-corrected chi connectivity index (χ3v) is 3.34. The smallest absolute Gasteiger partial charge is 0.360 e. The van der Waals surface area contributed by atoms with E-state index in [0.717, 1.165) is 25.9 Å². The molecule has 0 aliphatic carbocycles. The van der Waals surface area contributed by atoms with E-state index in [4.69, 9.17) is 21.1 Å². The van der Waals surface area contributed by atoms with Crippen LogP contribution in [-0.4, -0.2) is 40.3 Å². The van der Waals surface area contributed by atoms with Gasteiger partial charge in [0.25, 0.3) is 0 Å². The number of carbonyl (C=O) groups excluding carboxylic acids is 1. The van der Waals surface area contributed by atoms with Crippen molar-refractivity contribution in [3.8, 4) is 0 Å². The lowest BCUT2D eigenvalue weighted by Crippen LogP contribution is -2.26. The molecule has 2 heterocycles. The van der Waals surface area contributed by atoms with Crippen molar-refractivity contribution in [2.45, 2.75) is 44.7 Å². The van der Waals surface area contributed by atoms with E-state index >= 15 is 0 Å². The predicted molar refractivity (Wildman–Crippen MR) is 69.1 cm³/mol. The molecule has 7 heteroatoms. The highest BCUT2D eigenvalue weighted by Crippen LogP contribution is 2.17. The summed E-state index contributed by atoms with van der Waals surface area (Å²) in [6.45, 7) is 3.41. The van der Waals surface area contributed by atoms with Crippen LogP contribution in [0.25, 0.3) is 0 Å². The van der Waals surface area contributed by atoms with Crippen LogP contribution in [0, 0.1) is 0 Å². The third-order valence-electron chi connectivity index (χ3n) is 3.08. The van der Waals surface area contributed by atoms with Crippen LogP contribution in [0.2, 0.25) is 0 Å². The summed E-state index contributed by atoms with van der Waals surface area (Å²) >= 11 is 5.89. The Kier molecular flexibility index (Phi) is 5.15. The first-order valence-electron chi connectivity index (χ1n) is 6.53. The van der Waals surface area contributed by atoms with Gasteiger partial charge < -0.3 is 9.47 Å². The SMILES string of the molecule is CCOC(=O)c1nnn(CC2CCCCO2)c1CCl. The molecule has 1 aromatic heterocycles. The van der Waals surface area contributed by atoms with Gasteiger partial charge in [0.05, 0.1) is 30.8 Å². The van der Waals surface area contributed by atoms with Crippen molar-refractivity contribution in [2.24, 2.45) is 0 Å². The topological polar surface area (TPSA) is 66.2 Å². The number of hydrogen-bond donors (Lipinski definition) is 0. The van der Waals surface area contributed by atoms with Gasteiger partial charge in [-0.25, -0.2) is 9.48 Å². The number of esters is 1. The zero-order chi connectivity index (χ0) is 13.7. The lowest BCUT2D eigenvalue weighted by atomic mass is 10.1. The molecule has 106 valence electrons. The lowest BCUT2D eigenvalue weighted by molar-refractivity contribution is 0.00329. The Bertz CT molecular complexity index is 430. The predicted octanol–water partition coefficient (Wildman–Crippen LogP) is 1.76. The van der Waals surface area contributed by atoms with Crippen molar-refractivity contribution in [3.05, 3.63) is 11.4 Å². The van der Waals surface area contributed by atoms with Crippen LogP contribution in [0.15, 0.2) is 0 Å². The minimum Gasteiger partial charge on any atom is -0.461 e. The van der Waals surface area contributed by atoms with Gasteiger partial charge in [-0.05, 0) is 26.2 Å². The largest absolute Gasteiger partial charge is 0.461 e. The molecule has 0 radical (unpaired) electrons. The van der Waals surface area contributed by atoms with Gasteiger partial charge in [-0.1, -0.05) is 5.21 Å². The molecule has 0 N–H and O–H groups in total. The minimum atomic E-state index is -0.478. The van der Waals surface area contributed by atoms with Gasteiger partial charge >= 0.3 is 5.97 Å². The molecule has 0 amide bonds. The highest BCUT2D eigenvalue weighted by molar-refractivity contribution is 6.17. The van der Waals surface area contributed by atoms with E-state index in [-0.39, 0.29) is 17.7 Å². The van der Waals surface area contributed by atoms with E-state index in [9.17, 15) is 4.79 Å². The van der Waals surface area contributed by atoms with Crippen LogP contribution in [0.3, 0.4) is 0 Å². The summed E-state index contributed by atoms with van der Waals surface area (Å²) in [6.07, 6.45) is 3.37. The molecule has 19 heavy (non-hydrogen) atoms. The maximum Gasteiger partial charge on any atom is 0.360 e. The van der Waals surface area contributed by atoms with E-state index in [1.807, 2.05) is 0 Å². The minimum absolute atomic E-state index is 0.118.